The molecule has 0 aromatic heterocycles. The lowest BCUT2D eigenvalue weighted by molar-refractivity contribution is -0.143. The van der Waals surface area contributed by atoms with Gasteiger partial charge in [0.2, 0.25) is 0 Å². The van der Waals surface area contributed by atoms with Gasteiger partial charge in [-0.25, -0.2) is 0 Å². The molecule has 0 bridgehead atoms. The first-order valence-electron chi connectivity index (χ1n) is 7.61. The zero-order chi connectivity index (χ0) is 16.0. The fourth-order valence-corrected chi connectivity index (χ4v) is 2.58. The highest BCUT2D eigenvalue weighted by atomic mass is 16.4. The predicted molar refractivity (Wildman–Crippen MR) is 88.9 cm³/mol. The van der Waals surface area contributed by atoms with Crippen LogP contribution < -0.4 is 5.32 Å². The van der Waals surface area contributed by atoms with Gasteiger partial charge in [-0.15, -0.1) is 0 Å². The molecule has 2 N–H and O–H groups in total. The van der Waals surface area contributed by atoms with E-state index >= 15 is 0 Å². The van der Waals surface area contributed by atoms with E-state index in [9.17, 15) is 9.90 Å². The van der Waals surface area contributed by atoms with Gasteiger partial charge in [-0.3, -0.25) is 4.79 Å². The molecule has 22 heavy (non-hydrogen) atoms. The molecule has 116 valence electrons. The van der Waals surface area contributed by atoms with Crippen LogP contribution >= 0.6 is 0 Å². The topological polar surface area (TPSA) is 49.3 Å². The Morgan fingerprint density at radius 1 is 1.09 bits per heavy atom. The van der Waals surface area contributed by atoms with Crippen LogP contribution in [-0.2, 0) is 10.2 Å². The summed E-state index contributed by atoms with van der Waals surface area (Å²) in [7, 11) is 0. The van der Waals surface area contributed by atoms with Crippen molar-refractivity contribution in [3.8, 4) is 0 Å². The lowest BCUT2D eigenvalue weighted by Gasteiger charge is -2.26. The van der Waals surface area contributed by atoms with Crippen molar-refractivity contribution in [3.05, 3.63) is 71.8 Å². The molecule has 0 fully saturated rings. The molecule has 2 rings (SSSR count). The molecular formula is C19H23NO2. The van der Waals surface area contributed by atoms with Gasteiger partial charge < -0.3 is 10.4 Å². The first-order chi connectivity index (χ1) is 10.5. The number of aliphatic carboxylic acids is 1. The van der Waals surface area contributed by atoms with Crippen molar-refractivity contribution < 1.29 is 9.90 Å². The van der Waals surface area contributed by atoms with Crippen molar-refractivity contribution >= 4 is 5.97 Å². The SMILES string of the molecule is C[C@H](NCCC(C)(C(=O)O)c1ccccc1)c1ccccc1. The van der Waals surface area contributed by atoms with Gasteiger partial charge >= 0.3 is 5.97 Å². The lowest BCUT2D eigenvalue weighted by Crippen LogP contribution is -2.36. The molecule has 2 aromatic rings. The fourth-order valence-electron chi connectivity index (χ4n) is 2.58. The van der Waals surface area contributed by atoms with Crippen molar-refractivity contribution in [2.45, 2.75) is 31.7 Å². The normalized spacial score (nSPS) is 15.0. The second-order valence-electron chi connectivity index (χ2n) is 5.84. The molecule has 0 spiro atoms. The van der Waals surface area contributed by atoms with Crippen molar-refractivity contribution in [1.29, 1.82) is 0 Å². The molecule has 3 heteroatoms. The van der Waals surface area contributed by atoms with Crippen LogP contribution in [-0.4, -0.2) is 17.6 Å². The molecule has 0 aliphatic heterocycles. The van der Waals surface area contributed by atoms with Crippen molar-refractivity contribution in [2.75, 3.05) is 6.54 Å². The van der Waals surface area contributed by atoms with E-state index in [2.05, 4.69) is 24.4 Å². The molecule has 0 saturated carbocycles. The van der Waals surface area contributed by atoms with Gasteiger partial charge in [-0.2, -0.15) is 0 Å². The summed E-state index contributed by atoms with van der Waals surface area (Å²) >= 11 is 0. The molecule has 2 atom stereocenters. The van der Waals surface area contributed by atoms with E-state index in [-0.39, 0.29) is 6.04 Å². The third-order valence-electron chi connectivity index (χ3n) is 4.26. The number of carbonyl (C=O) groups is 1. The average molecular weight is 297 g/mol. The molecule has 0 saturated heterocycles. The van der Waals surface area contributed by atoms with Crippen LogP contribution in [0.1, 0.15) is 37.4 Å². The predicted octanol–water partition coefficient (Wildman–Crippen LogP) is 3.77. The van der Waals surface area contributed by atoms with Gasteiger partial charge in [0.1, 0.15) is 0 Å². The Bertz CT molecular complexity index is 597. The Balaban J connectivity index is 2.00. The van der Waals surface area contributed by atoms with Gasteiger partial charge in [0.25, 0.3) is 0 Å². The van der Waals surface area contributed by atoms with Crippen LogP contribution in [0.2, 0.25) is 0 Å². The number of hydrogen-bond donors (Lipinski definition) is 2. The van der Waals surface area contributed by atoms with Crippen molar-refractivity contribution in [2.24, 2.45) is 0 Å². The highest BCUT2D eigenvalue weighted by Gasteiger charge is 2.34. The van der Waals surface area contributed by atoms with Gasteiger partial charge in [0.05, 0.1) is 5.41 Å². The quantitative estimate of drug-likeness (QED) is 0.818. The Labute approximate surface area is 132 Å². The molecular weight excluding hydrogens is 274 g/mol. The zero-order valence-corrected chi connectivity index (χ0v) is 13.1. The van der Waals surface area contributed by atoms with Gasteiger partial charge in [-0.05, 0) is 37.9 Å². The number of carboxylic acid groups (broad SMARTS) is 1. The van der Waals surface area contributed by atoms with E-state index in [1.54, 1.807) is 6.92 Å². The molecule has 1 unspecified atom stereocenters. The van der Waals surface area contributed by atoms with Gasteiger partial charge in [0.15, 0.2) is 0 Å². The standard InChI is InChI=1S/C19H23NO2/c1-15(16-9-5-3-6-10-16)20-14-13-19(2,18(21)22)17-11-7-4-8-12-17/h3-12,15,20H,13-14H2,1-2H3,(H,21,22)/t15-,19?/m0/s1. The maximum absolute atomic E-state index is 11.7. The molecule has 0 radical (unpaired) electrons. The van der Waals surface area contributed by atoms with Crippen molar-refractivity contribution in [3.63, 3.8) is 0 Å². The number of rotatable bonds is 7. The second kappa shape index (κ2) is 7.23. The summed E-state index contributed by atoms with van der Waals surface area (Å²) in [5.41, 5.74) is 1.18. The summed E-state index contributed by atoms with van der Waals surface area (Å²) in [6, 6.07) is 19.8. The third-order valence-corrected chi connectivity index (χ3v) is 4.26. The number of benzene rings is 2. The highest BCUT2D eigenvalue weighted by Crippen LogP contribution is 2.28. The zero-order valence-electron chi connectivity index (χ0n) is 13.1. The maximum Gasteiger partial charge on any atom is 0.313 e. The summed E-state index contributed by atoms with van der Waals surface area (Å²) < 4.78 is 0. The van der Waals surface area contributed by atoms with Crippen molar-refractivity contribution in [1.82, 2.24) is 5.32 Å². The van der Waals surface area contributed by atoms with Crippen LogP contribution in [0.15, 0.2) is 60.7 Å². The van der Waals surface area contributed by atoms with Crippen LogP contribution in [0, 0.1) is 0 Å². The second-order valence-corrected chi connectivity index (χ2v) is 5.84. The largest absolute Gasteiger partial charge is 0.481 e. The molecule has 3 nitrogen and oxygen atoms in total. The summed E-state index contributed by atoms with van der Waals surface area (Å²) in [4.78, 5) is 11.7. The van der Waals surface area contributed by atoms with Crippen LogP contribution in [0.5, 0.6) is 0 Å². The smallest absolute Gasteiger partial charge is 0.313 e. The fraction of sp³-hybridized carbons (Fsp3) is 0.316. The van der Waals surface area contributed by atoms with E-state index in [1.807, 2.05) is 48.5 Å². The first-order valence-corrected chi connectivity index (χ1v) is 7.61. The molecule has 0 aliphatic rings. The van der Waals surface area contributed by atoms with E-state index < -0.39 is 11.4 Å². The van der Waals surface area contributed by atoms with Gasteiger partial charge in [-0.1, -0.05) is 60.7 Å². The van der Waals surface area contributed by atoms with E-state index in [1.165, 1.54) is 5.56 Å². The highest BCUT2D eigenvalue weighted by molar-refractivity contribution is 5.80. The minimum atomic E-state index is -0.870. The summed E-state index contributed by atoms with van der Waals surface area (Å²) in [5, 5.41) is 13.1. The Morgan fingerprint density at radius 3 is 2.18 bits per heavy atom. The summed E-state index contributed by atoms with van der Waals surface area (Å²) in [5.74, 6) is -0.784. The molecule has 0 aliphatic carbocycles. The Kier molecular flexibility index (Phi) is 5.34. The molecule has 2 aromatic carbocycles. The monoisotopic (exact) mass is 297 g/mol. The van der Waals surface area contributed by atoms with E-state index in [0.29, 0.717) is 13.0 Å². The summed E-state index contributed by atoms with van der Waals surface area (Å²) in [6.07, 6.45) is 0.545. The van der Waals surface area contributed by atoms with E-state index in [0.717, 1.165) is 5.56 Å². The molecule has 0 heterocycles. The molecule has 0 amide bonds. The lowest BCUT2D eigenvalue weighted by atomic mass is 9.79. The number of nitrogens with one attached hydrogen (secondary N) is 1. The van der Waals surface area contributed by atoms with E-state index in [4.69, 9.17) is 0 Å². The minimum absolute atomic E-state index is 0.204. The average Bonchev–Trinajstić information content (AvgIpc) is 2.56. The Morgan fingerprint density at radius 2 is 1.64 bits per heavy atom. The van der Waals surface area contributed by atoms with Gasteiger partial charge in [0, 0.05) is 6.04 Å². The van der Waals surface area contributed by atoms with Crippen LogP contribution in [0.25, 0.3) is 0 Å². The Hall–Kier alpha value is -2.13. The number of hydrogen-bond acceptors (Lipinski definition) is 2. The van der Waals surface area contributed by atoms with Crippen LogP contribution in [0.3, 0.4) is 0 Å². The van der Waals surface area contributed by atoms with Crippen LogP contribution in [0.4, 0.5) is 0 Å². The summed E-state index contributed by atoms with van der Waals surface area (Å²) in [6.45, 7) is 4.53. The first kappa shape index (κ1) is 16.2. The maximum atomic E-state index is 11.7. The third kappa shape index (κ3) is 3.74. The number of carboxylic acids is 1. The minimum Gasteiger partial charge on any atom is -0.481 e.